The third-order valence-corrected chi connectivity index (χ3v) is 14.2. The predicted molar refractivity (Wildman–Crippen MR) is 307 cm³/mol. The molecule has 0 aromatic heterocycles. The van der Waals surface area contributed by atoms with Crippen LogP contribution >= 0.6 is 15.6 Å². The molecule has 0 radical (unpaired) electrons. The van der Waals surface area contributed by atoms with Crippen molar-refractivity contribution in [1.82, 2.24) is 0 Å². The molecule has 5 unspecified atom stereocenters. The monoisotopic (exact) mass is 1130 g/mol. The quantitative estimate of drug-likeness (QED) is 0.0146. The number of phosphoric ester groups is 2. The smallest absolute Gasteiger partial charge is 0.463 e. The fraction of sp³-hybridized carbons (Fsp3) is 0.780. The van der Waals surface area contributed by atoms with E-state index in [1.807, 2.05) is 0 Å². The van der Waals surface area contributed by atoms with E-state index < -0.39 is 91.5 Å². The zero-order chi connectivity index (χ0) is 56.8. The molecule has 0 fully saturated rings. The van der Waals surface area contributed by atoms with Crippen LogP contribution in [-0.4, -0.2) is 95.9 Å². The number of hydrogen-bond acceptors (Lipinski definition) is 14. The number of unbranched alkanes of at least 4 members (excludes halogenated alkanes) is 23. The number of aliphatic hydroxyl groups excluding tert-OH is 2. The predicted octanol–water partition coefficient (Wildman–Crippen LogP) is 15.1. The number of allylic oxidation sites excluding steroid dienone is 10. The molecule has 0 rings (SSSR count). The number of carbonyl (C=O) groups excluding carboxylic acids is 3. The summed E-state index contributed by atoms with van der Waals surface area (Å²) in [7, 11) is -9.75. The average Bonchev–Trinajstić information content (AvgIpc) is 3.40. The molecule has 16 nitrogen and oxygen atoms in total. The van der Waals surface area contributed by atoms with Crippen LogP contribution in [0.25, 0.3) is 0 Å². The summed E-state index contributed by atoms with van der Waals surface area (Å²) in [5.74, 6) is -1.60. The Hall–Kier alpha value is -2.75. The first-order chi connectivity index (χ1) is 37.2. The maximum atomic E-state index is 12.8. The lowest BCUT2D eigenvalue weighted by molar-refractivity contribution is -0.161. The minimum atomic E-state index is -4.91. The summed E-state index contributed by atoms with van der Waals surface area (Å²) in [5.41, 5.74) is 0. The summed E-state index contributed by atoms with van der Waals surface area (Å²) in [6.45, 7) is 2.48. The van der Waals surface area contributed by atoms with E-state index in [1.54, 1.807) is 0 Å². The Morgan fingerprint density at radius 3 is 1.09 bits per heavy atom. The van der Waals surface area contributed by atoms with E-state index in [0.29, 0.717) is 19.3 Å². The number of aliphatic hydroxyl groups is 2. The van der Waals surface area contributed by atoms with Crippen LogP contribution < -0.4 is 0 Å². The number of hydrogen-bond donors (Lipinski definition) is 4. The van der Waals surface area contributed by atoms with Gasteiger partial charge in [0.1, 0.15) is 25.4 Å². The first-order valence-corrected chi connectivity index (χ1v) is 32.6. The van der Waals surface area contributed by atoms with Gasteiger partial charge >= 0.3 is 33.6 Å². The van der Waals surface area contributed by atoms with Crippen molar-refractivity contribution in [3.8, 4) is 0 Å². The molecule has 0 heterocycles. The first kappa shape index (κ1) is 74.2. The number of ether oxygens (including phenoxy) is 3. The summed E-state index contributed by atoms with van der Waals surface area (Å²) >= 11 is 0. The largest absolute Gasteiger partial charge is 0.472 e. The molecular formula is C59H106O16P2. The van der Waals surface area contributed by atoms with Crippen molar-refractivity contribution in [2.75, 3.05) is 39.6 Å². The molecule has 0 aliphatic heterocycles. The van der Waals surface area contributed by atoms with Gasteiger partial charge in [0.05, 0.1) is 26.4 Å². The van der Waals surface area contributed by atoms with E-state index in [9.17, 15) is 43.5 Å². The van der Waals surface area contributed by atoms with E-state index >= 15 is 0 Å². The van der Waals surface area contributed by atoms with Crippen molar-refractivity contribution in [2.24, 2.45) is 0 Å². The molecular weight excluding hydrogens is 1030 g/mol. The van der Waals surface area contributed by atoms with Crippen molar-refractivity contribution in [3.05, 3.63) is 60.8 Å². The van der Waals surface area contributed by atoms with Gasteiger partial charge in [0.15, 0.2) is 6.10 Å². The lowest BCUT2D eigenvalue weighted by atomic mass is 10.1. The average molecular weight is 1130 g/mol. The van der Waals surface area contributed by atoms with E-state index in [1.165, 1.54) is 83.5 Å². The normalized spacial score (nSPS) is 14.9. The minimum absolute atomic E-state index is 0.110. The Kier molecular flexibility index (Phi) is 51.9. The topological polar surface area (TPSA) is 231 Å². The maximum Gasteiger partial charge on any atom is 0.472 e. The Balaban J connectivity index is 4.60. The summed E-state index contributed by atoms with van der Waals surface area (Å²) in [6.07, 6.45) is 50.2. The zero-order valence-corrected chi connectivity index (χ0v) is 49.7. The van der Waals surface area contributed by atoms with Crippen LogP contribution in [0.15, 0.2) is 60.8 Å². The molecule has 0 bridgehead atoms. The molecule has 0 spiro atoms. The fourth-order valence-electron chi connectivity index (χ4n) is 7.71. The van der Waals surface area contributed by atoms with Gasteiger partial charge in [-0.1, -0.05) is 216 Å². The number of phosphoric acid groups is 2. The van der Waals surface area contributed by atoms with Crippen LogP contribution in [0.4, 0.5) is 0 Å². The summed E-state index contributed by atoms with van der Waals surface area (Å²) in [6, 6.07) is 0. The third-order valence-electron chi connectivity index (χ3n) is 12.3. The van der Waals surface area contributed by atoms with Gasteiger partial charge in [0.25, 0.3) is 0 Å². The molecule has 18 heteroatoms. The molecule has 0 aromatic carbocycles. The van der Waals surface area contributed by atoms with Gasteiger partial charge in [-0.15, -0.1) is 0 Å². The van der Waals surface area contributed by atoms with Gasteiger partial charge in [0, 0.05) is 19.3 Å². The lowest BCUT2D eigenvalue weighted by Crippen LogP contribution is -2.30. The van der Waals surface area contributed by atoms with Gasteiger partial charge in [-0.05, 0) is 64.2 Å². The van der Waals surface area contributed by atoms with Crippen LogP contribution in [0, 0.1) is 0 Å². The molecule has 4 N–H and O–H groups in total. The van der Waals surface area contributed by atoms with Gasteiger partial charge < -0.3 is 34.2 Å². The summed E-state index contributed by atoms with van der Waals surface area (Å²) < 4.78 is 60.5. The highest BCUT2D eigenvalue weighted by molar-refractivity contribution is 7.47. The van der Waals surface area contributed by atoms with Crippen molar-refractivity contribution < 1.29 is 75.8 Å². The van der Waals surface area contributed by atoms with Crippen LogP contribution in [-0.2, 0) is 55.8 Å². The Morgan fingerprint density at radius 1 is 0.377 bits per heavy atom. The summed E-state index contributed by atoms with van der Waals surface area (Å²) in [5, 5.41) is 20.4. The first-order valence-electron chi connectivity index (χ1n) is 29.6. The Morgan fingerprint density at radius 2 is 0.688 bits per heavy atom. The van der Waals surface area contributed by atoms with Crippen LogP contribution in [0.2, 0.25) is 0 Å². The highest BCUT2D eigenvalue weighted by Gasteiger charge is 2.29. The second-order valence-corrected chi connectivity index (χ2v) is 22.7. The van der Waals surface area contributed by atoms with Gasteiger partial charge in [-0.3, -0.25) is 32.5 Å². The Bertz CT molecular complexity index is 1670. The second-order valence-electron chi connectivity index (χ2n) is 19.8. The van der Waals surface area contributed by atoms with Crippen molar-refractivity contribution in [3.63, 3.8) is 0 Å². The molecule has 0 amide bonds. The Labute approximate surface area is 465 Å². The van der Waals surface area contributed by atoms with Crippen LogP contribution in [0.1, 0.15) is 239 Å². The molecule has 0 aromatic rings. The van der Waals surface area contributed by atoms with E-state index in [4.69, 9.17) is 32.3 Å². The molecule has 0 saturated carbocycles. The maximum absolute atomic E-state index is 12.8. The van der Waals surface area contributed by atoms with Crippen molar-refractivity contribution in [2.45, 2.75) is 257 Å². The van der Waals surface area contributed by atoms with Gasteiger partial charge in [-0.2, -0.15) is 0 Å². The molecule has 448 valence electrons. The van der Waals surface area contributed by atoms with Gasteiger partial charge in [0.2, 0.25) is 0 Å². The van der Waals surface area contributed by atoms with Crippen molar-refractivity contribution >= 4 is 33.6 Å². The minimum Gasteiger partial charge on any atom is -0.463 e. The zero-order valence-electron chi connectivity index (χ0n) is 47.9. The molecule has 77 heavy (non-hydrogen) atoms. The second kappa shape index (κ2) is 53.9. The lowest BCUT2D eigenvalue weighted by Gasteiger charge is -2.21. The molecule has 5 atom stereocenters. The highest BCUT2D eigenvalue weighted by atomic mass is 31.2. The van der Waals surface area contributed by atoms with E-state index in [-0.39, 0.29) is 19.3 Å². The number of rotatable bonds is 56. The fourth-order valence-corrected chi connectivity index (χ4v) is 9.30. The standard InChI is InChI=1S/C59H106O16P2/c1-4-7-10-13-16-19-22-23-24-25-26-27-28-29-32-34-36-39-42-45-57(62)69-48-54(60)49-71-76(65,66)72-50-55(61)51-73-77(67,68)74-53-56(75-59(64)47-44-41-38-35-31-21-18-15-12-9-6-3)52-70-58(63)46-43-40-37-33-30-20-17-14-11-8-5-2/h7,10,16,19,23-24,26-27,29,32,54-56,60-61H,4-6,8-9,11-15,17-18,20-22,25,28,30-31,33-53H2,1-3H3,(H,65,66)(H,67,68)/b10-7-,19-16-,24-23-,27-26-,32-29-. The van der Waals surface area contributed by atoms with Crippen LogP contribution in [0.5, 0.6) is 0 Å². The molecule has 0 aliphatic rings. The summed E-state index contributed by atoms with van der Waals surface area (Å²) in [4.78, 5) is 57.9. The van der Waals surface area contributed by atoms with Crippen molar-refractivity contribution in [1.29, 1.82) is 0 Å². The SMILES string of the molecule is CC/C=C\C/C=C\C/C=C\C/C=C\C/C=C\CCCCCC(=O)OCC(O)COP(=O)(O)OCC(O)COP(=O)(O)OCC(COC(=O)CCCCCCCCCCCCC)OC(=O)CCCCCCCCCCCCC. The van der Waals surface area contributed by atoms with Crippen LogP contribution in [0.3, 0.4) is 0 Å². The van der Waals surface area contributed by atoms with Gasteiger partial charge in [-0.25, -0.2) is 9.13 Å². The highest BCUT2D eigenvalue weighted by Crippen LogP contribution is 2.45. The van der Waals surface area contributed by atoms with E-state index in [2.05, 4.69) is 81.5 Å². The number of esters is 3. The molecule has 0 aliphatic carbocycles. The molecule has 0 saturated heterocycles. The van der Waals surface area contributed by atoms with E-state index in [0.717, 1.165) is 96.3 Å². The number of carbonyl (C=O) groups is 3. The third kappa shape index (κ3) is 55.0.